The molecule has 0 saturated carbocycles. The number of nitrogens with one attached hydrogen (secondary N) is 2. The van der Waals surface area contributed by atoms with E-state index in [0.717, 1.165) is 43.5 Å². The van der Waals surface area contributed by atoms with Gasteiger partial charge in [-0.3, -0.25) is 0 Å². The molecular formula is C21H31N7. The number of hydrogen-bond donors (Lipinski definition) is 2. The molecule has 2 N–H and O–H groups in total. The van der Waals surface area contributed by atoms with Crippen molar-refractivity contribution in [1.82, 2.24) is 25.4 Å². The fourth-order valence-corrected chi connectivity index (χ4v) is 3.34. The summed E-state index contributed by atoms with van der Waals surface area (Å²) in [7, 11) is 1.96. The lowest BCUT2D eigenvalue weighted by Gasteiger charge is -2.35. The van der Waals surface area contributed by atoms with Crippen molar-refractivity contribution in [3.8, 4) is 0 Å². The maximum Gasteiger partial charge on any atom is 0.192 e. The molecule has 1 aliphatic heterocycles. The van der Waals surface area contributed by atoms with E-state index in [2.05, 4.69) is 63.5 Å². The summed E-state index contributed by atoms with van der Waals surface area (Å²) in [5.74, 6) is 2.53. The minimum Gasteiger partial charge on any atom is -0.369 e. The topological polar surface area (TPSA) is 70.4 Å². The highest BCUT2D eigenvalue weighted by atomic mass is 15.3. The number of aryl methyl sites for hydroxylation is 2. The fraction of sp³-hybridized carbons (Fsp3) is 0.476. The Bertz CT molecular complexity index is 807. The lowest BCUT2D eigenvalue weighted by atomic mass is 10.0. The normalized spacial score (nSPS) is 17.5. The molecule has 1 aliphatic rings. The highest BCUT2D eigenvalue weighted by Crippen LogP contribution is 2.20. The van der Waals surface area contributed by atoms with Crippen LogP contribution in [0.25, 0.3) is 0 Å². The van der Waals surface area contributed by atoms with E-state index in [-0.39, 0.29) is 0 Å². The maximum absolute atomic E-state index is 4.71. The van der Waals surface area contributed by atoms with Gasteiger partial charge in [0.25, 0.3) is 0 Å². The Morgan fingerprint density at radius 2 is 2.07 bits per heavy atom. The summed E-state index contributed by atoms with van der Waals surface area (Å²) in [6.07, 6.45) is 4.12. The van der Waals surface area contributed by atoms with Crippen LogP contribution in [0.2, 0.25) is 0 Å². The molecule has 0 spiro atoms. The van der Waals surface area contributed by atoms with Crippen molar-refractivity contribution in [2.24, 2.45) is 12.0 Å². The van der Waals surface area contributed by atoms with E-state index in [1.807, 2.05) is 24.6 Å². The first-order chi connectivity index (χ1) is 13.6. The molecule has 0 radical (unpaired) electrons. The van der Waals surface area contributed by atoms with Crippen LogP contribution in [0.1, 0.15) is 30.1 Å². The molecule has 1 aromatic carbocycles. The van der Waals surface area contributed by atoms with Crippen LogP contribution < -0.4 is 15.5 Å². The van der Waals surface area contributed by atoms with Crippen LogP contribution >= 0.6 is 0 Å². The Labute approximate surface area is 167 Å². The summed E-state index contributed by atoms with van der Waals surface area (Å²) in [5.41, 5.74) is 2.57. The largest absolute Gasteiger partial charge is 0.369 e. The van der Waals surface area contributed by atoms with Gasteiger partial charge in [0.15, 0.2) is 11.8 Å². The molecule has 0 amide bonds. The average molecular weight is 382 g/mol. The SMILES string of the molecule is C=CCNC(=NCc1nnc(C)n1C)NC1CCCN(c2ccc(C)cc2)C1. The van der Waals surface area contributed by atoms with E-state index in [0.29, 0.717) is 19.1 Å². The van der Waals surface area contributed by atoms with Gasteiger partial charge in [0, 0.05) is 38.4 Å². The quantitative estimate of drug-likeness (QED) is 0.457. The Hall–Kier alpha value is -2.83. The van der Waals surface area contributed by atoms with Gasteiger partial charge in [0.1, 0.15) is 12.4 Å². The molecule has 1 atom stereocenters. The molecule has 2 heterocycles. The summed E-state index contributed by atoms with van der Waals surface area (Å²) < 4.78 is 1.97. The number of aliphatic imine (C=N–C) groups is 1. The third-order valence-electron chi connectivity index (χ3n) is 5.14. The van der Waals surface area contributed by atoms with Gasteiger partial charge in [-0.1, -0.05) is 23.8 Å². The van der Waals surface area contributed by atoms with Crippen molar-refractivity contribution in [1.29, 1.82) is 0 Å². The number of hydrogen-bond acceptors (Lipinski definition) is 4. The van der Waals surface area contributed by atoms with E-state index < -0.39 is 0 Å². The maximum atomic E-state index is 4.71. The van der Waals surface area contributed by atoms with E-state index in [1.165, 1.54) is 11.3 Å². The summed E-state index contributed by atoms with van der Waals surface area (Å²) >= 11 is 0. The molecule has 1 aromatic heterocycles. The number of guanidine groups is 1. The average Bonchev–Trinajstić information content (AvgIpc) is 3.03. The lowest BCUT2D eigenvalue weighted by molar-refractivity contribution is 0.468. The Kier molecular flexibility index (Phi) is 6.68. The van der Waals surface area contributed by atoms with Gasteiger partial charge in [-0.2, -0.15) is 0 Å². The molecule has 0 aliphatic carbocycles. The molecule has 2 aromatic rings. The minimum atomic E-state index is 0.340. The van der Waals surface area contributed by atoms with Crippen LogP contribution in [-0.2, 0) is 13.6 Å². The van der Waals surface area contributed by atoms with E-state index in [1.54, 1.807) is 0 Å². The first-order valence-electron chi connectivity index (χ1n) is 9.89. The number of anilines is 1. The molecule has 1 saturated heterocycles. The third-order valence-corrected chi connectivity index (χ3v) is 5.14. The second-order valence-electron chi connectivity index (χ2n) is 7.32. The highest BCUT2D eigenvalue weighted by Gasteiger charge is 2.21. The zero-order chi connectivity index (χ0) is 19.9. The van der Waals surface area contributed by atoms with E-state index in [9.17, 15) is 0 Å². The summed E-state index contributed by atoms with van der Waals surface area (Å²) in [4.78, 5) is 7.16. The van der Waals surface area contributed by atoms with Crippen LogP contribution in [-0.4, -0.2) is 46.4 Å². The van der Waals surface area contributed by atoms with Crippen LogP contribution in [0.5, 0.6) is 0 Å². The third kappa shape index (κ3) is 5.12. The van der Waals surface area contributed by atoms with Crippen LogP contribution in [0.4, 0.5) is 5.69 Å². The summed E-state index contributed by atoms with van der Waals surface area (Å²) in [5, 5.41) is 15.2. The van der Waals surface area contributed by atoms with Crippen molar-refractivity contribution < 1.29 is 0 Å². The zero-order valence-corrected chi connectivity index (χ0v) is 17.1. The van der Waals surface area contributed by atoms with Gasteiger partial charge in [-0.05, 0) is 38.8 Å². The van der Waals surface area contributed by atoms with E-state index >= 15 is 0 Å². The van der Waals surface area contributed by atoms with Gasteiger partial charge in [0.05, 0.1) is 0 Å². The van der Waals surface area contributed by atoms with Crippen LogP contribution in [0.15, 0.2) is 41.9 Å². The molecule has 1 fully saturated rings. The zero-order valence-electron chi connectivity index (χ0n) is 17.1. The smallest absolute Gasteiger partial charge is 0.192 e. The van der Waals surface area contributed by atoms with Gasteiger partial charge in [-0.25, -0.2) is 4.99 Å². The number of piperidine rings is 1. The Morgan fingerprint density at radius 3 is 2.75 bits per heavy atom. The van der Waals surface area contributed by atoms with Crippen LogP contribution in [0, 0.1) is 13.8 Å². The monoisotopic (exact) mass is 381 g/mol. The molecular weight excluding hydrogens is 350 g/mol. The predicted molar refractivity (Wildman–Crippen MR) is 115 cm³/mol. The molecule has 150 valence electrons. The van der Waals surface area contributed by atoms with Crippen molar-refractivity contribution in [2.75, 3.05) is 24.5 Å². The first-order valence-corrected chi connectivity index (χ1v) is 9.89. The number of nitrogens with zero attached hydrogens (tertiary/aromatic N) is 5. The van der Waals surface area contributed by atoms with Gasteiger partial charge in [-0.15, -0.1) is 16.8 Å². The van der Waals surface area contributed by atoms with Crippen molar-refractivity contribution in [2.45, 2.75) is 39.3 Å². The second kappa shape index (κ2) is 9.39. The molecule has 3 rings (SSSR count). The van der Waals surface area contributed by atoms with Gasteiger partial charge >= 0.3 is 0 Å². The molecule has 7 nitrogen and oxygen atoms in total. The molecule has 28 heavy (non-hydrogen) atoms. The highest BCUT2D eigenvalue weighted by molar-refractivity contribution is 5.80. The lowest BCUT2D eigenvalue weighted by Crippen LogP contribution is -2.51. The van der Waals surface area contributed by atoms with Crippen LogP contribution in [0.3, 0.4) is 0 Å². The predicted octanol–water partition coefficient (Wildman–Crippen LogP) is 2.32. The number of benzene rings is 1. The van der Waals surface area contributed by atoms with Gasteiger partial charge < -0.3 is 20.1 Å². The molecule has 0 bridgehead atoms. The molecule has 7 heteroatoms. The van der Waals surface area contributed by atoms with Crippen molar-refractivity contribution in [3.63, 3.8) is 0 Å². The minimum absolute atomic E-state index is 0.340. The summed E-state index contributed by atoms with van der Waals surface area (Å²) in [6.45, 7) is 11.1. The fourth-order valence-electron chi connectivity index (χ4n) is 3.34. The standard InChI is InChI=1S/C21H31N7/c1-5-12-22-21(23-14-20-26-25-17(3)27(20)4)24-18-7-6-13-28(15-18)19-10-8-16(2)9-11-19/h5,8-11,18H,1,6-7,12-15H2,2-4H3,(H2,22,23,24). The second-order valence-corrected chi connectivity index (χ2v) is 7.32. The van der Waals surface area contributed by atoms with Crippen molar-refractivity contribution >= 4 is 11.6 Å². The number of aromatic nitrogens is 3. The summed E-state index contributed by atoms with van der Waals surface area (Å²) in [6, 6.07) is 9.10. The van der Waals surface area contributed by atoms with E-state index in [4.69, 9.17) is 4.99 Å². The Balaban J connectivity index is 1.65. The van der Waals surface area contributed by atoms with Crippen molar-refractivity contribution in [3.05, 3.63) is 54.1 Å². The van der Waals surface area contributed by atoms with Gasteiger partial charge in [0.2, 0.25) is 0 Å². The molecule has 1 unspecified atom stereocenters. The number of rotatable bonds is 6. The first kappa shape index (κ1) is 19.9. The Morgan fingerprint density at radius 1 is 1.29 bits per heavy atom.